The zero-order valence-corrected chi connectivity index (χ0v) is 18.9. The molecule has 2 aromatic carbocycles. The van der Waals surface area contributed by atoms with Crippen LogP contribution < -0.4 is 0 Å². The first-order valence-electron chi connectivity index (χ1n) is 11.8. The van der Waals surface area contributed by atoms with Gasteiger partial charge in [-0.25, -0.2) is 0 Å². The summed E-state index contributed by atoms with van der Waals surface area (Å²) in [7, 11) is 0. The second-order valence-electron chi connectivity index (χ2n) is 9.46. The van der Waals surface area contributed by atoms with Gasteiger partial charge in [0, 0.05) is 18.4 Å². The molecule has 2 aliphatic rings. The third-order valence-electron chi connectivity index (χ3n) is 6.80. The fourth-order valence-electron chi connectivity index (χ4n) is 4.78. The number of rotatable bonds is 4. The van der Waals surface area contributed by atoms with Crippen molar-refractivity contribution in [3.05, 3.63) is 70.3 Å². The van der Waals surface area contributed by atoms with Gasteiger partial charge in [-0.3, -0.25) is 0 Å². The Morgan fingerprint density at radius 2 is 1.78 bits per heavy atom. The SMILES string of the molecule is Cc1ccc([C@H]2C[C@@H](O)C[C@@H](CO)O2)cc1Cc1ccc(C#CC2(O)CCCCC2)cc1. The Bertz CT molecular complexity index is 963. The topological polar surface area (TPSA) is 69.9 Å². The molecule has 32 heavy (non-hydrogen) atoms. The van der Waals surface area contributed by atoms with E-state index in [1.807, 2.05) is 12.1 Å². The van der Waals surface area contributed by atoms with E-state index in [2.05, 4.69) is 49.1 Å². The molecule has 0 spiro atoms. The van der Waals surface area contributed by atoms with Crippen LogP contribution in [0.5, 0.6) is 0 Å². The lowest BCUT2D eigenvalue weighted by Gasteiger charge is -2.32. The Morgan fingerprint density at radius 3 is 2.50 bits per heavy atom. The Hall–Kier alpha value is -2.16. The predicted molar refractivity (Wildman–Crippen MR) is 125 cm³/mol. The summed E-state index contributed by atoms with van der Waals surface area (Å²) in [6, 6.07) is 14.6. The van der Waals surface area contributed by atoms with Gasteiger partial charge in [0.25, 0.3) is 0 Å². The van der Waals surface area contributed by atoms with Crippen molar-refractivity contribution in [1.29, 1.82) is 0 Å². The summed E-state index contributed by atoms with van der Waals surface area (Å²) in [5, 5.41) is 30.2. The van der Waals surface area contributed by atoms with E-state index in [0.29, 0.717) is 12.8 Å². The number of hydrogen-bond donors (Lipinski definition) is 3. The van der Waals surface area contributed by atoms with Gasteiger partial charge in [-0.05, 0) is 73.4 Å². The van der Waals surface area contributed by atoms with E-state index in [1.165, 1.54) is 23.1 Å². The molecule has 2 fully saturated rings. The Morgan fingerprint density at radius 1 is 1.03 bits per heavy atom. The molecule has 4 rings (SSSR count). The molecule has 1 heterocycles. The minimum absolute atomic E-state index is 0.0705. The molecule has 1 aliphatic carbocycles. The first-order valence-corrected chi connectivity index (χ1v) is 11.8. The summed E-state index contributed by atoms with van der Waals surface area (Å²) >= 11 is 0. The highest BCUT2D eigenvalue weighted by atomic mass is 16.5. The smallest absolute Gasteiger partial charge is 0.125 e. The molecule has 4 nitrogen and oxygen atoms in total. The standard InChI is InChI=1S/C28H34O4/c1-20-5-10-23(27-18-25(30)17-26(19-29)32-27)16-24(20)15-22-8-6-21(7-9-22)11-14-28(31)12-3-2-4-13-28/h5-10,16,25-27,29-31H,2-4,12-13,15,17-19H2,1H3/t25-,26-,27+/m0/s1. The van der Waals surface area contributed by atoms with Crippen molar-refractivity contribution in [1.82, 2.24) is 0 Å². The van der Waals surface area contributed by atoms with E-state index >= 15 is 0 Å². The van der Waals surface area contributed by atoms with Crippen LogP contribution in [-0.4, -0.2) is 39.7 Å². The maximum Gasteiger partial charge on any atom is 0.125 e. The minimum Gasteiger partial charge on any atom is -0.394 e. The van der Waals surface area contributed by atoms with Gasteiger partial charge in [-0.1, -0.05) is 48.6 Å². The Labute approximate surface area is 191 Å². The number of aryl methyl sites for hydroxylation is 1. The number of benzene rings is 2. The Kier molecular flexibility index (Phi) is 7.33. The van der Waals surface area contributed by atoms with Crippen LogP contribution in [0.4, 0.5) is 0 Å². The second-order valence-corrected chi connectivity index (χ2v) is 9.46. The first-order chi connectivity index (χ1) is 15.4. The van der Waals surface area contributed by atoms with Crippen LogP contribution in [0.1, 0.15) is 78.9 Å². The summed E-state index contributed by atoms with van der Waals surface area (Å²) in [6.07, 6.45) is 5.72. The number of hydrogen-bond acceptors (Lipinski definition) is 4. The zero-order chi connectivity index (χ0) is 22.6. The molecule has 3 atom stereocenters. The van der Waals surface area contributed by atoms with Gasteiger partial charge in [0.2, 0.25) is 0 Å². The predicted octanol–water partition coefficient (Wildman–Crippen LogP) is 4.21. The van der Waals surface area contributed by atoms with Crippen LogP contribution >= 0.6 is 0 Å². The van der Waals surface area contributed by atoms with Crippen LogP contribution in [0, 0.1) is 18.8 Å². The number of aliphatic hydroxyl groups is 3. The summed E-state index contributed by atoms with van der Waals surface area (Å²) < 4.78 is 5.99. The molecule has 1 saturated heterocycles. The van der Waals surface area contributed by atoms with E-state index in [0.717, 1.165) is 43.2 Å². The van der Waals surface area contributed by atoms with Gasteiger partial charge in [0.15, 0.2) is 0 Å². The minimum atomic E-state index is -0.821. The molecular weight excluding hydrogens is 400 g/mol. The van der Waals surface area contributed by atoms with Crippen molar-refractivity contribution in [2.45, 2.75) is 82.2 Å². The molecule has 170 valence electrons. The third-order valence-corrected chi connectivity index (χ3v) is 6.80. The van der Waals surface area contributed by atoms with Crippen molar-refractivity contribution in [3.8, 4) is 11.8 Å². The lowest BCUT2D eigenvalue weighted by atomic mass is 9.85. The summed E-state index contributed by atoms with van der Waals surface area (Å²) in [4.78, 5) is 0. The highest BCUT2D eigenvalue weighted by Gasteiger charge is 2.29. The summed E-state index contributed by atoms with van der Waals surface area (Å²) in [6.45, 7) is 2.04. The van der Waals surface area contributed by atoms with Gasteiger partial charge < -0.3 is 20.1 Å². The largest absolute Gasteiger partial charge is 0.394 e. The Balaban J connectivity index is 1.45. The number of ether oxygens (including phenoxy) is 1. The van der Waals surface area contributed by atoms with Gasteiger partial charge in [-0.15, -0.1) is 0 Å². The van der Waals surface area contributed by atoms with Crippen LogP contribution in [-0.2, 0) is 11.2 Å². The molecule has 0 unspecified atom stereocenters. The van der Waals surface area contributed by atoms with Gasteiger partial charge in [0.05, 0.1) is 24.9 Å². The highest BCUT2D eigenvalue weighted by molar-refractivity contribution is 5.41. The fourth-order valence-corrected chi connectivity index (χ4v) is 4.78. The molecule has 2 aromatic rings. The molecule has 3 N–H and O–H groups in total. The average molecular weight is 435 g/mol. The van der Waals surface area contributed by atoms with Gasteiger partial charge in [0.1, 0.15) is 5.60 Å². The van der Waals surface area contributed by atoms with Gasteiger partial charge >= 0.3 is 0 Å². The highest BCUT2D eigenvalue weighted by Crippen LogP contribution is 2.33. The lowest BCUT2D eigenvalue weighted by molar-refractivity contribution is -0.113. The normalized spacial score (nSPS) is 25.1. The van der Waals surface area contributed by atoms with Gasteiger partial charge in [-0.2, -0.15) is 0 Å². The molecule has 4 heteroatoms. The van der Waals surface area contributed by atoms with Crippen molar-refractivity contribution < 1.29 is 20.1 Å². The van der Waals surface area contributed by atoms with Crippen LogP contribution in [0.3, 0.4) is 0 Å². The quantitative estimate of drug-likeness (QED) is 0.631. The third kappa shape index (κ3) is 5.79. The molecule has 1 aliphatic heterocycles. The van der Waals surface area contributed by atoms with Crippen molar-refractivity contribution in [3.63, 3.8) is 0 Å². The molecule has 0 amide bonds. The fraction of sp³-hybridized carbons (Fsp3) is 0.500. The molecule has 0 radical (unpaired) electrons. The zero-order valence-electron chi connectivity index (χ0n) is 18.9. The summed E-state index contributed by atoms with van der Waals surface area (Å²) in [5.74, 6) is 6.26. The molecule has 1 saturated carbocycles. The molecular formula is C28H34O4. The van der Waals surface area contributed by atoms with Crippen LogP contribution in [0.25, 0.3) is 0 Å². The average Bonchev–Trinajstić information content (AvgIpc) is 2.80. The lowest BCUT2D eigenvalue weighted by Crippen LogP contribution is -2.33. The van der Waals surface area contributed by atoms with E-state index in [9.17, 15) is 15.3 Å². The van der Waals surface area contributed by atoms with E-state index in [-0.39, 0.29) is 18.8 Å². The monoisotopic (exact) mass is 434 g/mol. The van der Waals surface area contributed by atoms with Crippen LogP contribution in [0.2, 0.25) is 0 Å². The second kappa shape index (κ2) is 10.2. The van der Waals surface area contributed by atoms with E-state index < -0.39 is 11.7 Å². The summed E-state index contributed by atoms with van der Waals surface area (Å²) in [5.41, 5.74) is 4.79. The number of aliphatic hydroxyl groups excluding tert-OH is 2. The van der Waals surface area contributed by atoms with Crippen molar-refractivity contribution in [2.75, 3.05) is 6.61 Å². The van der Waals surface area contributed by atoms with E-state index in [4.69, 9.17) is 4.74 Å². The van der Waals surface area contributed by atoms with Crippen molar-refractivity contribution in [2.24, 2.45) is 0 Å². The van der Waals surface area contributed by atoms with Crippen LogP contribution in [0.15, 0.2) is 42.5 Å². The van der Waals surface area contributed by atoms with Crippen molar-refractivity contribution >= 4 is 0 Å². The molecule has 0 aromatic heterocycles. The first kappa shape index (κ1) is 23.0. The maximum atomic E-state index is 10.6. The van der Waals surface area contributed by atoms with E-state index in [1.54, 1.807) is 0 Å². The molecule has 0 bridgehead atoms. The maximum absolute atomic E-state index is 10.6.